The first kappa shape index (κ1) is 15.2. The minimum absolute atomic E-state index is 0.00863. The highest BCUT2D eigenvalue weighted by Gasteiger charge is 2.24. The second-order valence-electron chi connectivity index (χ2n) is 5.61. The molecular formula is C19H20N2O2. The van der Waals surface area contributed by atoms with Gasteiger partial charge in [-0.05, 0) is 42.8 Å². The van der Waals surface area contributed by atoms with Crippen molar-refractivity contribution >= 4 is 17.4 Å². The van der Waals surface area contributed by atoms with Gasteiger partial charge in [0.05, 0.1) is 6.04 Å². The van der Waals surface area contributed by atoms with Gasteiger partial charge in [0.2, 0.25) is 0 Å². The lowest BCUT2D eigenvalue weighted by atomic mass is 10.1. The molecule has 4 nitrogen and oxygen atoms in total. The summed E-state index contributed by atoms with van der Waals surface area (Å²) in [4.78, 5) is 14.2. The number of hydrogen-bond donors (Lipinski definition) is 1. The highest BCUT2D eigenvalue weighted by Crippen LogP contribution is 2.25. The standard InChI is InChI=1S/C19H20N2O2/c1-14(15-5-3-2-4-6-15)21-12-11-18(23-13-19(21)22)16-7-9-17(20)10-8-16/h2-11,14H,12-13,20H2,1H3/t14-/m1/s1. The number of nitrogens with zero attached hydrogens (tertiary/aromatic N) is 1. The van der Waals surface area contributed by atoms with E-state index >= 15 is 0 Å². The molecule has 3 rings (SSSR count). The van der Waals surface area contributed by atoms with Crippen LogP contribution in [-0.2, 0) is 9.53 Å². The van der Waals surface area contributed by atoms with E-state index < -0.39 is 0 Å². The van der Waals surface area contributed by atoms with Crippen molar-refractivity contribution in [3.63, 3.8) is 0 Å². The van der Waals surface area contributed by atoms with Crippen LogP contribution in [-0.4, -0.2) is 24.0 Å². The van der Waals surface area contributed by atoms with Crippen molar-refractivity contribution in [1.29, 1.82) is 0 Å². The highest BCUT2D eigenvalue weighted by atomic mass is 16.5. The van der Waals surface area contributed by atoms with Gasteiger partial charge in [-0.25, -0.2) is 0 Å². The van der Waals surface area contributed by atoms with Gasteiger partial charge in [-0.2, -0.15) is 0 Å². The fourth-order valence-corrected chi connectivity index (χ4v) is 2.70. The lowest BCUT2D eigenvalue weighted by Crippen LogP contribution is -2.35. The maximum Gasteiger partial charge on any atom is 0.261 e. The molecule has 118 valence electrons. The summed E-state index contributed by atoms with van der Waals surface area (Å²) in [7, 11) is 0. The number of nitrogens with two attached hydrogens (primary N) is 1. The van der Waals surface area contributed by atoms with E-state index in [0.717, 1.165) is 16.9 Å². The Hall–Kier alpha value is -2.75. The molecule has 23 heavy (non-hydrogen) atoms. The first-order valence-electron chi connectivity index (χ1n) is 7.68. The Labute approximate surface area is 136 Å². The van der Waals surface area contributed by atoms with Gasteiger partial charge in [-0.15, -0.1) is 0 Å². The maximum absolute atomic E-state index is 12.4. The number of carbonyl (C=O) groups excluding carboxylic acids is 1. The Morgan fingerprint density at radius 2 is 1.78 bits per heavy atom. The minimum Gasteiger partial charge on any atom is -0.483 e. The van der Waals surface area contributed by atoms with Crippen LogP contribution in [0.15, 0.2) is 60.7 Å². The molecule has 2 N–H and O–H groups in total. The fourth-order valence-electron chi connectivity index (χ4n) is 2.70. The molecule has 1 amide bonds. The molecule has 2 aromatic carbocycles. The number of rotatable bonds is 3. The Bertz CT molecular complexity index is 708. The molecule has 1 aliphatic heterocycles. The lowest BCUT2D eigenvalue weighted by Gasteiger charge is -2.27. The van der Waals surface area contributed by atoms with E-state index in [4.69, 9.17) is 10.5 Å². The third-order valence-corrected chi connectivity index (χ3v) is 4.09. The molecule has 0 bridgehead atoms. The Balaban J connectivity index is 1.81. The van der Waals surface area contributed by atoms with E-state index in [2.05, 4.69) is 0 Å². The first-order chi connectivity index (χ1) is 11.1. The van der Waals surface area contributed by atoms with Crippen molar-refractivity contribution < 1.29 is 9.53 Å². The van der Waals surface area contributed by atoms with Crippen molar-refractivity contribution in [2.75, 3.05) is 18.9 Å². The normalized spacial score (nSPS) is 16.3. The number of anilines is 1. The monoisotopic (exact) mass is 308 g/mol. The quantitative estimate of drug-likeness (QED) is 0.886. The summed E-state index contributed by atoms with van der Waals surface area (Å²) < 4.78 is 5.69. The van der Waals surface area contributed by atoms with Crippen LogP contribution >= 0.6 is 0 Å². The van der Waals surface area contributed by atoms with E-state index in [9.17, 15) is 4.79 Å². The number of ether oxygens (including phenoxy) is 1. The summed E-state index contributed by atoms with van der Waals surface area (Å²) in [6, 6.07) is 17.5. The summed E-state index contributed by atoms with van der Waals surface area (Å²) in [5.41, 5.74) is 8.47. The van der Waals surface area contributed by atoms with Crippen LogP contribution < -0.4 is 5.73 Å². The maximum atomic E-state index is 12.4. The molecule has 1 aliphatic rings. The van der Waals surface area contributed by atoms with E-state index in [1.54, 1.807) is 0 Å². The molecule has 1 heterocycles. The molecule has 0 aromatic heterocycles. The van der Waals surface area contributed by atoms with Gasteiger partial charge < -0.3 is 15.4 Å². The van der Waals surface area contributed by atoms with Gasteiger partial charge in [-0.1, -0.05) is 30.3 Å². The van der Waals surface area contributed by atoms with Gasteiger partial charge in [-0.3, -0.25) is 4.79 Å². The summed E-state index contributed by atoms with van der Waals surface area (Å²) in [6.07, 6.45) is 1.95. The Morgan fingerprint density at radius 3 is 2.48 bits per heavy atom. The molecule has 0 radical (unpaired) electrons. The molecule has 0 spiro atoms. The van der Waals surface area contributed by atoms with E-state index in [0.29, 0.717) is 12.2 Å². The highest BCUT2D eigenvalue weighted by molar-refractivity contribution is 5.80. The number of hydrogen-bond acceptors (Lipinski definition) is 3. The average Bonchev–Trinajstić information content (AvgIpc) is 2.78. The van der Waals surface area contributed by atoms with E-state index in [-0.39, 0.29) is 18.6 Å². The third kappa shape index (κ3) is 3.37. The second kappa shape index (κ2) is 6.57. The summed E-state index contributed by atoms with van der Waals surface area (Å²) in [5.74, 6) is 0.712. The fraction of sp³-hybridized carbons (Fsp3) is 0.211. The van der Waals surface area contributed by atoms with Crippen molar-refractivity contribution in [2.45, 2.75) is 13.0 Å². The smallest absolute Gasteiger partial charge is 0.261 e. The van der Waals surface area contributed by atoms with Gasteiger partial charge in [0, 0.05) is 17.8 Å². The molecule has 4 heteroatoms. The van der Waals surface area contributed by atoms with Crippen LogP contribution in [0.2, 0.25) is 0 Å². The molecule has 0 fully saturated rings. The zero-order chi connectivity index (χ0) is 16.2. The average molecular weight is 308 g/mol. The van der Waals surface area contributed by atoms with E-state index in [1.165, 1.54) is 0 Å². The molecule has 0 saturated carbocycles. The number of benzene rings is 2. The molecular weight excluding hydrogens is 288 g/mol. The van der Waals surface area contributed by atoms with Crippen LogP contribution in [0.3, 0.4) is 0 Å². The van der Waals surface area contributed by atoms with Gasteiger partial charge in [0.25, 0.3) is 5.91 Å². The molecule has 0 aliphatic carbocycles. The molecule has 2 aromatic rings. The van der Waals surface area contributed by atoms with Gasteiger partial charge in [0.15, 0.2) is 6.61 Å². The number of amides is 1. The largest absolute Gasteiger partial charge is 0.483 e. The minimum atomic E-state index is -0.0111. The van der Waals surface area contributed by atoms with Crippen LogP contribution in [0.5, 0.6) is 0 Å². The SMILES string of the molecule is C[C@H](c1ccccc1)N1CC=C(c2ccc(N)cc2)OCC1=O. The summed E-state index contributed by atoms with van der Waals surface area (Å²) in [6.45, 7) is 2.61. The summed E-state index contributed by atoms with van der Waals surface area (Å²) in [5, 5.41) is 0. The van der Waals surface area contributed by atoms with Crippen LogP contribution in [0.1, 0.15) is 24.1 Å². The first-order valence-corrected chi connectivity index (χ1v) is 7.68. The lowest BCUT2D eigenvalue weighted by molar-refractivity contribution is -0.135. The zero-order valence-electron chi connectivity index (χ0n) is 13.1. The molecule has 0 unspecified atom stereocenters. The molecule has 1 atom stereocenters. The van der Waals surface area contributed by atoms with Crippen molar-refractivity contribution in [1.82, 2.24) is 4.90 Å². The van der Waals surface area contributed by atoms with Gasteiger partial charge in [0.1, 0.15) is 5.76 Å². The second-order valence-corrected chi connectivity index (χ2v) is 5.61. The van der Waals surface area contributed by atoms with E-state index in [1.807, 2.05) is 72.5 Å². The molecule has 0 saturated heterocycles. The predicted molar refractivity (Wildman–Crippen MR) is 91.4 cm³/mol. The number of nitrogen functional groups attached to an aromatic ring is 1. The van der Waals surface area contributed by atoms with Crippen LogP contribution in [0.25, 0.3) is 5.76 Å². The predicted octanol–water partition coefficient (Wildman–Crippen LogP) is 3.23. The van der Waals surface area contributed by atoms with Crippen molar-refractivity contribution in [3.8, 4) is 0 Å². The van der Waals surface area contributed by atoms with Crippen LogP contribution in [0.4, 0.5) is 5.69 Å². The topological polar surface area (TPSA) is 55.6 Å². The number of carbonyl (C=O) groups is 1. The summed E-state index contributed by atoms with van der Waals surface area (Å²) >= 11 is 0. The Morgan fingerprint density at radius 1 is 1.09 bits per heavy atom. The van der Waals surface area contributed by atoms with Crippen LogP contribution in [0, 0.1) is 0 Å². The van der Waals surface area contributed by atoms with Crippen molar-refractivity contribution in [2.24, 2.45) is 0 Å². The third-order valence-electron chi connectivity index (χ3n) is 4.09. The van der Waals surface area contributed by atoms with Crippen molar-refractivity contribution in [3.05, 3.63) is 71.8 Å². The Kier molecular flexibility index (Phi) is 4.33. The van der Waals surface area contributed by atoms with Gasteiger partial charge >= 0.3 is 0 Å². The zero-order valence-corrected chi connectivity index (χ0v) is 13.1.